The van der Waals surface area contributed by atoms with E-state index in [9.17, 15) is 4.79 Å². The van der Waals surface area contributed by atoms with Gasteiger partial charge in [-0.3, -0.25) is 4.79 Å². The van der Waals surface area contributed by atoms with Crippen molar-refractivity contribution in [3.8, 4) is 5.75 Å². The molecule has 1 unspecified atom stereocenters. The molecule has 0 saturated heterocycles. The van der Waals surface area contributed by atoms with E-state index in [1.165, 1.54) is 0 Å². The van der Waals surface area contributed by atoms with Gasteiger partial charge in [0.1, 0.15) is 5.75 Å². The Hall–Kier alpha value is -2.03. The van der Waals surface area contributed by atoms with Crippen LogP contribution in [0, 0.1) is 0 Å². The number of aliphatic carboxylic acids is 1. The maximum atomic E-state index is 11.0. The molecule has 0 spiro atoms. The highest BCUT2D eigenvalue weighted by Crippen LogP contribution is 2.28. The number of methoxy groups -OCH3 is 1. The van der Waals surface area contributed by atoms with E-state index in [1.807, 2.05) is 36.4 Å². The van der Waals surface area contributed by atoms with Crippen molar-refractivity contribution in [1.29, 1.82) is 0 Å². The van der Waals surface area contributed by atoms with Crippen LogP contribution in [0.4, 0.5) is 0 Å². The molecule has 17 heavy (non-hydrogen) atoms. The number of rotatable bonds is 3. The average molecular weight is 230 g/mol. The summed E-state index contributed by atoms with van der Waals surface area (Å²) in [6.45, 7) is 1.68. The van der Waals surface area contributed by atoms with Crippen LogP contribution in [0.25, 0.3) is 10.8 Å². The zero-order valence-electron chi connectivity index (χ0n) is 9.81. The molecule has 1 N–H and O–H groups in total. The first-order chi connectivity index (χ1) is 8.13. The maximum absolute atomic E-state index is 11.0. The van der Waals surface area contributed by atoms with Crippen LogP contribution in [0.2, 0.25) is 0 Å². The van der Waals surface area contributed by atoms with E-state index in [1.54, 1.807) is 14.0 Å². The van der Waals surface area contributed by atoms with Gasteiger partial charge >= 0.3 is 5.97 Å². The number of carboxylic acids is 1. The van der Waals surface area contributed by atoms with Gasteiger partial charge in [-0.2, -0.15) is 0 Å². The van der Waals surface area contributed by atoms with Gasteiger partial charge in [-0.15, -0.1) is 0 Å². The molecule has 0 heterocycles. The van der Waals surface area contributed by atoms with Gasteiger partial charge < -0.3 is 9.84 Å². The standard InChI is InChI=1S/C14H14O3/c1-9(14(15)16)11-7-6-10-4-3-5-13(17-2)12(10)8-11/h3-9H,1-2H3,(H,15,16). The topological polar surface area (TPSA) is 46.5 Å². The Morgan fingerprint density at radius 2 is 2.06 bits per heavy atom. The Kier molecular flexibility index (Phi) is 3.00. The molecule has 0 aliphatic rings. The van der Waals surface area contributed by atoms with Crippen molar-refractivity contribution in [2.75, 3.05) is 7.11 Å². The lowest BCUT2D eigenvalue weighted by Gasteiger charge is -2.10. The number of hydrogen-bond acceptors (Lipinski definition) is 2. The minimum atomic E-state index is -0.820. The number of carbonyl (C=O) groups is 1. The summed E-state index contributed by atoms with van der Waals surface area (Å²) in [7, 11) is 1.61. The van der Waals surface area contributed by atoms with Crippen LogP contribution in [0.1, 0.15) is 18.4 Å². The summed E-state index contributed by atoms with van der Waals surface area (Å²) >= 11 is 0. The maximum Gasteiger partial charge on any atom is 0.310 e. The third-order valence-electron chi connectivity index (χ3n) is 2.96. The Morgan fingerprint density at radius 1 is 1.29 bits per heavy atom. The molecule has 3 heteroatoms. The predicted molar refractivity (Wildman–Crippen MR) is 66.6 cm³/mol. The van der Waals surface area contributed by atoms with Crippen LogP contribution < -0.4 is 4.74 Å². The van der Waals surface area contributed by atoms with Crippen LogP contribution >= 0.6 is 0 Å². The van der Waals surface area contributed by atoms with Gasteiger partial charge in [-0.25, -0.2) is 0 Å². The molecule has 0 saturated carbocycles. The first-order valence-corrected chi connectivity index (χ1v) is 5.43. The van der Waals surface area contributed by atoms with Crippen LogP contribution in [-0.4, -0.2) is 18.2 Å². The summed E-state index contributed by atoms with van der Waals surface area (Å²) in [5.74, 6) is -0.564. The SMILES string of the molecule is COc1cccc2ccc(C(C)C(=O)O)cc12. The molecule has 2 aromatic carbocycles. The lowest BCUT2D eigenvalue weighted by atomic mass is 9.97. The van der Waals surface area contributed by atoms with Crippen LogP contribution in [0.3, 0.4) is 0 Å². The first kappa shape index (κ1) is 11.5. The van der Waals surface area contributed by atoms with Crippen molar-refractivity contribution in [3.63, 3.8) is 0 Å². The molecular weight excluding hydrogens is 216 g/mol. The smallest absolute Gasteiger partial charge is 0.310 e. The number of benzene rings is 2. The number of ether oxygens (including phenoxy) is 1. The molecule has 0 radical (unpaired) electrons. The highest BCUT2D eigenvalue weighted by atomic mass is 16.5. The first-order valence-electron chi connectivity index (χ1n) is 5.43. The van der Waals surface area contributed by atoms with Crippen LogP contribution in [-0.2, 0) is 4.79 Å². The lowest BCUT2D eigenvalue weighted by molar-refractivity contribution is -0.138. The van der Waals surface area contributed by atoms with E-state index < -0.39 is 11.9 Å². The molecule has 3 nitrogen and oxygen atoms in total. The second kappa shape index (κ2) is 4.45. The van der Waals surface area contributed by atoms with Crippen LogP contribution in [0.15, 0.2) is 36.4 Å². The number of carboxylic acid groups (broad SMARTS) is 1. The summed E-state index contributed by atoms with van der Waals surface area (Å²) < 4.78 is 5.28. The molecule has 1 atom stereocenters. The van der Waals surface area contributed by atoms with E-state index >= 15 is 0 Å². The highest BCUT2D eigenvalue weighted by Gasteiger charge is 2.14. The van der Waals surface area contributed by atoms with Crippen molar-refractivity contribution >= 4 is 16.7 Å². The molecule has 2 rings (SSSR count). The van der Waals surface area contributed by atoms with E-state index in [2.05, 4.69) is 0 Å². The second-order valence-electron chi connectivity index (χ2n) is 4.00. The Bertz CT molecular complexity index is 560. The third-order valence-corrected chi connectivity index (χ3v) is 2.96. The fourth-order valence-electron chi connectivity index (χ4n) is 1.85. The van der Waals surface area contributed by atoms with E-state index in [-0.39, 0.29) is 0 Å². The monoisotopic (exact) mass is 230 g/mol. The minimum Gasteiger partial charge on any atom is -0.496 e. The predicted octanol–water partition coefficient (Wildman–Crippen LogP) is 3.04. The van der Waals surface area contributed by atoms with Gasteiger partial charge in [0.15, 0.2) is 0 Å². The van der Waals surface area contributed by atoms with Gasteiger partial charge in [0.05, 0.1) is 13.0 Å². The second-order valence-corrected chi connectivity index (χ2v) is 4.00. The Labute approximate surface area is 99.6 Å². The van der Waals surface area contributed by atoms with E-state index in [4.69, 9.17) is 9.84 Å². The summed E-state index contributed by atoms with van der Waals surface area (Å²) in [6, 6.07) is 11.4. The molecular formula is C14H14O3. The van der Waals surface area contributed by atoms with Crippen molar-refractivity contribution in [3.05, 3.63) is 42.0 Å². The highest BCUT2D eigenvalue weighted by molar-refractivity contribution is 5.90. The molecule has 0 aliphatic heterocycles. The van der Waals surface area contributed by atoms with E-state index in [0.29, 0.717) is 0 Å². The fourth-order valence-corrected chi connectivity index (χ4v) is 1.85. The molecule has 0 bridgehead atoms. The van der Waals surface area contributed by atoms with Gasteiger partial charge in [-0.05, 0) is 30.0 Å². The zero-order valence-corrected chi connectivity index (χ0v) is 9.81. The van der Waals surface area contributed by atoms with Crippen molar-refractivity contribution in [2.45, 2.75) is 12.8 Å². The quantitative estimate of drug-likeness (QED) is 0.881. The van der Waals surface area contributed by atoms with E-state index in [0.717, 1.165) is 22.1 Å². The molecule has 88 valence electrons. The Morgan fingerprint density at radius 3 is 2.71 bits per heavy atom. The van der Waals surface area contributed by atoms with Gasteiger partial charge in [-0.1, -0.05) is 24.3 Å². The lowest BCUT2D eigenvalue weighted by Crippen LogP contribution is -2.07. The summed E-state index contributed by atoms with van der Waals surface area (Å²) in [6.07, 6.45) is 0. The van der Waals surface area contributed by atoms with Gasteiger partial charge in [0, 0.05) is 5.39 Å². The molecule has 0 aliphatic carbocycles. The van der Waals surface area contributed by atoms with Crippen molar-refractivity contribution < 1.29 is 14.6 Å². The molecule has 0 fully saturated rings. The minimum absolute atomic E-state index is 0.510. The molecule has 2 aromatic rings. The summed E-state index contributed by atoms with van der Waals surface area (Å²) in [5.41, 5.74) is 0.787. The van der Waals surface area contributed by atoms with Crippen LogP contribution in [0.5, 0.6) is 5.75 Å². The largest absolute Gasteiger partial charge is 0.496 e. The fraction of sp³-hybridized carbons (Fsp3) is 0.214. The summed E-state index contributed by atoms with van der Waals surface area (Å²) in [4.78, 5) is 11.0. The molecule has 0 amide bonds. The van der Waals surface area contributed by atoms with Gasteiger partial charge in [0.2, 0.25) is 0 Å². The Balaban J connectivity index is 2.59. The average Bonchev–Trinajstić information content (AvgIpc) is 2.36. The summed E-state index contributed by atoms with van der Waals surface area (Å²) in [5, 5.41) is 11.0. The molecule has 0 aromatic heterocycles. The van der Waals surface area contributed by atoms with Crippen molar-refractivity contribution in [2.24, 2.45) is 0 Å². The number of hydrogen-bond donors (Lipinski definition) is 1. The third kappa shape index (κ3) is 2.09. The zero-order chi connectivity index (χ0) is 12.4. The number of fused-ring (bicyclic) bond motifs is 1. The normalized spacial score (nSPS) is 12.4. The van der Waals surface area contributed by atoms with Crippen molar-refractivity contribution in [1.82, 2.24) is 0 Å². The van der Waals surface area contributed by atoms with Gasteiger partial charge in [0.25, 0.3) is 0 Å².